The number of methoxy groups -OCH3 is 1. The van der Waals surface area contributed by atoms with Crippen LogP contribution in [0.25, 0.3) is 0 Å². The Morgan fingerprint density at radius 3 is 2.47 bits per heavy atom. The molecule has 2 rings (SSSR count). The van der Waals surface area contributed by atoms with Gasteiger partial charge in [0.25, 0.3) is 0 Å². The number of anilines is 1. The zero-order valence-corrected chi connectivity index (χ0v) is 11.9. The zero-order valence-electron chi connectivity index (χ0n) is 11.9. The third kappa shape index (κ3) is 3.39. The summed E-state index contributed by atoms with van der Waals surface area (Å²) >= 11 is 0. The molecule has 1 N–H and O–H groups in total. The standard InChI is InChI=1S/C15H23NO3/c1-4-18-12-8-6-11(7-9-12)16-13-10-14(19-5-2)15(13)17-3/h6-9,13-16H,4-5,10H2,1-3H3. The predicted molar refractivity (Wildman–Crippen MR) is 75.8 cm³/mol. The molecular formula is C15H23NO3. The van der Waals surface area contributed by atoms with Crippen molar-refractivity contribution in [2.45, 2.75) is 38.5 Å². The van der Waals surface area contributed by atoms with Crippen LogP contribution in [0.5, 0.6) is 5.75 Å². The zero-order chi connectivity index (χ0) is 13.7. The van der Waals surface area contributed by atoms with E-state index in [1.54, 1.807) is 7.11 Å². The first kappa shape index (κ1) is 14.2. The van der Waals surface area contributed by atoms with Gasteiger partial charge in [0.2, 0.25) is 0 Å². The Labute approximate surface area is 115 Å². The van der Waals surface area contributed by atoms with E-state index in [1.807, 2.05) is 38.1 Å². The van der Waals surface area contributed by atoms with E-state index in [9.17, 15) is 0 Å². The average molecular weight is 265 g/mol. The third-order valence-electron chi connectivity index (χ3n) is 3.42. The quantitative estimate of drug-likeness (QED) is 0.823. The van der Waals surface area contributed by atoms with E-state index in [2.05, 4.69) is 5.32 Å². The van der Waals surface area contributed by atoms with Crippen molar-refractivity contribution >= 4 is 5.69 Å². The number of nitrogens with one attached hydrogen (secondary N) is 1. The topological polar surface area (TPSA) is 39.7 Å². The number of hydrogen-bond acceptors (Lipinski definition) is 4. The number of hydrogen-bond donors (Lipinski definition) is 1. The number of ether oxygens (including phenoxy) is 3. The van der Waals surface area contributed by atoms with Crippen molar-refractivity contribution in [3.05, 3.63) is 24.3 Å². The van der Waals surface area contributed by atoms with Gasteiger partial charge in [-0.3, -0.25) is 0 Å². The van der Waals surface area contributed by atoms with Crippen LogP contribution in [0, 0.1) is 0 Å². The van der Waals surface area contributed by atoms with Crippen LogP contribution in [0.4, 0.5) is 5.69 Å². The second-order valence-corrected chi connectivity index (χ2v) is 4.64. The van der Waals surface area contributed by atoms with Gasteiger partial charge in [-0.2, -0.15) is 0 Å². The summed E-state index contributed by atoms with van der Waals surface area (Å²) in [6, 6.07) is 8.34. The molecule has 1 aliphatic rings. The van der Waals surface area contributed by atoms with Crippen molar-refractivity contribution in [2.75, 3.05) is 25.6 Å². The monoisotopic (exact) mass is 265 g/mol. The summed E-state index contributed by atoms with van der Waals surface area (Å²) in [7, 11) is 1.74. The van der Waals surface area contributed by atoms with E-state index in [-0.39, 0.29) is 12.2 Å². The molecule has 1 saturated carbocycles. The molecule has 0 saturated heterocycles. The second-order valence-electron chi connectivity index (χ2n) is 4.64. The lowest BCUT2D eigenvalue weighted by atomic mass is 9.85. The van der Waals surface area contributed by atoms with Crippen LogP contribution in [0.1, 0.15) is 20.3 Å². The first-order chi connectivity index (χ1) is 9.28. The van der Waals surface area contributed by atoms with Gasteiger partial charge in [0.05, 0.1) is 18.8 Å². The maximum Gasteiger partial charge on any atom is 0.119 e. The van der Waals surface area contributed by atoms with Crippen molar-refractivity contribution in [2.24, 2.45) is 0 Å². The minimum absolute atomic E-state index is 0.131. The van der Waals surface area contributed by atoms with Gasteiger partial charge in [0.15, 0.2) is 0 Å². The van der Waals surface area contributed by atoms with Crippen LogP contribution >= 0.6 is 0 Å². The maximum absolute atomic E-state index is 5.62. The van der Waals surface area contributed by atoms with Gasteiger partial charge in [0.1, 0.15) is 11.9 Å². The van der Waals surface area contributed by atoms with Gasteiger partial charge in [-0.25, -0.2) is 0 Å². The van der Waals surface area contributed by atoms with Crippen molar-refractivity contribution in [3.8, 4) is 5.75 Å². The van der Waals surface area contributed by atoms with E-state index >= 15 is 0 Å². The predicted octanol–water partition coefficient (Wildman–Crippen LogP) is 2.69. The highest BCUT2D eigenvalue weighted by Gasteiger charge is 2.42. The minimum Gasteiger partial charge on any atom is -0.494 e. The van der Waals surface area contributed by atoms with E-state index in [0.29, 0.717) is 12.6 Å². The van der Waals surface area contributed by atoms with E-state index < -0.39 is 0 Å². The summed E-state index contributed by atoms with van der Waals surface area (Å²) in [6.07, 6.45) is 1.33. The molecular weight excluding hydrogens is 242 g/mol. The molecule has 1 aromatic rings. The fourth-order valence-corrected chi connectivity index (χ4v) is 2.44. The molecule has 0 bridgehead atoms. The van der Waals surface area contributed by atoms with Crippen LogP contribution < -0.4 is 10.1 Å². The first-order valence-electron chi connectivity index (χ1n) is 6.92. The molecule has 4 heteroatoms. The molecule has 0 radical (unpaired) electrons. The highest BCUT2D eigenvalue weighted by molar-refractivity contribution is 5.48. The maximum atomic E-state index is 5.62. The molecule has 1 fully saturated rings. The summed E-state index contributed by atoms with van der Waals surface area (Å²) in [6.45, 7) is 5.43. The van der Waals surface area contributed by atoms with E-state index in [0.717, 1.165) is 24.5 Å². The van der Waals surface area contributed by atoms with E-state index in [1.165, 1.54) is 0 Å². The average Bonchev–Trinajstić information content (AvgIpc) is 2.40. The number of benzene rings is 1. The summed E-state index contributed by atoms with van der Waals surface area (Å²) in [5, 5.41) is 3.48. The van der Waals surface area contributed by atoms with Gasteiger partial charge >= 0.3 is 0 Å². The lowest BCUT2D eigenvalue weighted by molar-refractivity contribution is -0.118. The highest BCUT2D eigenvalue weighted by Crippen LogP contribution is 2.30. The van der Waals surface area contributed by atoms with E-state index in [4.69, 9.17) is 14.2 Å². The van der Waals surface area contributed by atoms with Crippen LogP contribution in [0.15, 0.2) is 24.3 Å². The molecule has 1 aliphatic carbocycles. The van der Waals surface area contributed by atoms with Gasteiger partial charge in [0, 0.05) is 19.4 Å². The molecule has 4 nitrogen and oxygen atoms in total. The fourth-order valence-electron chi connectivity index (χ4n) is 2.44. The fraction of sp³-hybridized carbons (Fsp3) is 0.600. The van der Waals surface area contributed by atoms with Crippen molar-refractivity contribution < 1.29 is 14.2 Å². The molecule has 0 spiro atoms. The minimum atomic E-state index is 0.131. The summed E-state index contributed by atoms with van der Waals surface area (Å²) in [5.74, 6) is 0.900. The second kappa shape index (κ2) is 6.78. The normalized spacial score (nSPS) is 25.7. The lowest BCUT2D eigenvalue weighted by Gasteiger charge is -2.43. The Morgan fingerprint density at radius 1 is 1.16 bits per heavy atom. The Hall–Kier alpha value is -1.26. The van der Waals surface area contributed by atoms with Gasteiger partial charge in [-0.15, -0.1) is 0 Å². The summed E-state index contributed by atoms with van der Waals surface area (Å²) in [4.78, 5) is 0. The van der Waals surface area contributed by atoms with Crippen LogP contribution in [-0.4, -0.2) is 38.6 Å². The Bertz CT molecular complexity index is 379. The Kier molecular flexibility index (Phi) is 5.05. The lowest BCUT2D eigenvalue weighted by Crippen LogP contribution is -2.56. The highest BCUT2D eigenvalue weighted by atomic mass is 16.5. The number of rotatable bonds is 7. The molecule has 0 amide bonds. The SMILES string of the molecule is CCOc1ccc(NC2CC(OCC)C2OC)cc1. The van der Waals surface area contributed by atoms with Gasteiger partial charge < -0.3 is 19.5 Å². The summed E-state index contributed by atoms with van der Waals surface area (Å²) in [5.41, 5.74) is 1.09. The molecule has 3 atom stereocenters. The third-order valence-corrected chi connectivity index (χ3v) is 3.42. The Morgan fingerprint density at radius 2 is 1.89 bits per heavy atom. The molecule has 3 unspecified atom stereocenters. The largest absolute Gasteiger partial charge is 0.494 e. The van der Waals surface area contributed by atoms with Crippen LogP contribution in [0.3, 0.4) is 0 Å². The van der Waals surface area contributed by atoms with Crippen LogP contribution in [0.2, 0.25) is 0 Å². The molecule has 106 valence electrons. The molecule has 0 aliphatic heterocycles. The summed E-state index contributed by atoms with van der Waals surface area (Å²) < 4.78 is 16.5. The molecule has 0 aromatic heterocycles. The van der Waals surface area contributed by atoms with Crippen molar-refractivity contribution in [1.82, 2.24) is 0 Å². The van der Waals surface area contributed by atoms with Crippen molar-refractivity contribution in [3.63, 3.8) is 0 Å². The first-order valence-corrected chi connectivity index (χ1v) is 6.92. The van der Waals surface area contributed by atoms with Gasteiger partial charge in [-0.1, -0.05) is 0 Å². The molecule has 0 heterocycles. The Balaban J connectivity index is 1.87. The molecule has 19 heavy (non-hydrogen) atoms. The van der Waals surface area contributed by atoms with Crippen LogP contribution in [-0.2, 0) is 9.47 Å². The molecule has 1 aromatic carbocycles. The van der Waals surface area contributed by atoms with Gasteiger partial charge in [-0.05, 0) is 44.5 Å². The smallest absolute Gasteiger partial charge is 0.119 e. The van der Waals surface area contributed by atoms with Crippen molar-refractivity contribution in [1.29, 1.82) is 0 Å².